The number of carbonyl (C=O) groups is 1. The van der Waals surface area contributed by atoms with Crippen LogP contribution in [-0.2, 0) is 17.9 Å². The molecule has 0 radical (unpaired) electrons. The van der Waals surface area contributed by atoms with E-state index in [0.29, 0.717) is 19.7 Å². The number of halogens is 1. The van der Waals surface area contributed by atoms with Gasteiger partial charge in [-0.1, -0.05) is 48.5 Å². The van der Waals surface area contributed by atoms with Crippen LogP contribution in [0, 0.1) is 5.92 Å². The SMILES string of the molecule is Cl.O=C(CNCC1CC1)NCc1ccccc1OCc1ccccc1. The van der Waals surface area contributed by atoms with Crippen LogP contribution in [0.15, 0.2) is 54.6 Å². The van der Waals surface area contributed by atoms with Crippen LogP contribution in [0.2, 0.25) is 0 Å². The van der Waals surface area contributed by atoms with Crippen molar-refractivity contribution in [2.24, 2.45) is 5.92 Å². The summed E-state index contributed by atoms with van der Waals surface area (Å²) >= 11 is 0. The van der Waals surface area contributed by atoms with Gasteiger partial charge in [0.05, 0.1) is 6.54 Å². The van der Waals surface area contributed by atoms with E-state index < -0.39 is 0 Å². The number of rotatable bonds is 9. The molecule has 1 fully saturated rings. The maximum Gasteiger partial charge on any atom is 0.234 e. The van der Waals surface area contributed by atoms with Crippen LogP contribution in [0.1, 0.15) is 24.0 Å². The lowest BCUT2D eigenvalue weighted by Crippen LogP contribution is -2.34. The highest BCUT2D eigenvalue weighted by molar-refractivity contribution is 5.85. The molecule has 0 saturated heterocycles. The smallest absolute Gasteiger partial charge is 0.234 e. The first-order valence-electron chi connectivity index (χ1n) is 8.53. The number of para-hydroxylation sites is 1. The number of amides is 1. The van der Waals surface area contributed by atoms with Crippen LogP contribution in [0.3, 0.4) is 0 Å². The van der Waals surface area contributed by atoms with Crippen molar-refractivity contribution in [2.45, 2.75) is 26.0 Å². The van der Waals surface area contributed by atoms with Gasteiger partial charge in [-0.3, -0.25) is 4.79 Å². The van der Waals surface area contributed by atoms with Gasteiger partial charge < -0.3 is 15.4 Å². The van der Waals surface area contributed by atoms with Crippen molar-refractivity contribution in [3.05, 3.63) is 65.7 Å². The van der Waals surface area contributed by atoms with Gasteiger partial charge in [-0.15, -0.1) is 12.4 Å². The van der Waals surface area contributed by atoms with Crippen molar-refractivity contribution in [3.8, 4) is 5.75 Å². The van der Waals surface area contributed by atoms with Gasteiger partial charge in [-0.05, 0) is 36.9 Å². The zero-order valence-electron chi connectivity index (χ0n) is 14.2. The largest absolute Gasteiger partial charge is 0.489 e. The minimum absolute atomic E-state index is 0. The minimum atomic E-state index is 0. The summed E-state index contributed by atoms with van der Waals surface area (Å²) in [6, 6.07) is 17.9. The lowest BCUT2D eigenvalue weighted by Gasteiger charge is -2.12. The van der Waals surface area contributed by atoms with Crippen molar-refractivity contribution >= 4 is 18.3 Å². The van der Waals surface area contributed by atoms with Crippen molar-refractivity contribution < 1.29 is 9.53 Å². The molecule has 1 aliphatic rings. The maximum absolute atomic E-state index is 11.9. The highest BCUT2D eigenvalue weighted by atomic mass is 35.5. The molecule has 5 heteroatoms. The minimum Gasteiger partial charge on any atom is -0.489 e. The monoisotopic (exact) mass is 360 g/mol. The number of hydrogen-bond acceptors (Lipinski definition) is 3. The number of ether oxygens (including phenoxy) is 1. The van der Waals surface area contributed by atoms with Gasteiger partial charge in [0.1, 0.15) is 12.4 Å². The highest BCUT2D eigenvalue weighted by Crippen LogP contribution is 2.27. The molecule has 0 bridgehead atoms. The fourth-order valence-corrected chi connectivity index (χ4v) is 2.49. The topological polar surface area (TPSA) is 50.4 Å². The summed E-state index contributed by atoms with van der Waals surface area (Å²) in [6.45, 7) is 2.33. The molecule has 0 aromatic heterocycles. The third kappa shape index (κ3) is 6.77. The quantitative estimate of drug-likeness (QED) is 0.721. The summed E-state index contributed by atoms with van der Waals surface area (Å²) in [7, 11) is 0. The van der Waals surface area contributed by atoms with Gasteiger partial charge in [0.25, 0.3) is 0 Å². The molecule has 1 amide bonds. The molecule has 25 heavy (non-hydrogen) atoms. The molecule has 134 valence electrons. The molecule has 4 nitrogen and oxygen atoms in total. The Bertz CT molecular complexity index is 660. The van der Waals surface area contributed by atoms with E-state index in [1.54, 1.807) is 0 Å². The van der Waals surface area contributed by atoms with Gasteiger partial charge in [0, 0.05) is 12.1 Å². The highest BCUT2D eigenvalue weighted by Gasteiger charge is 2.20. The van der Waals surface area contributed by atoms with E-state index in [2.05, 4.69) is 10.6 Å². The summed E-state index contributed by atoms with van der Waals surface area (Å²) < 4.78 is 5.91. The third-order valence-electron chi connectivity index (χ3n) is 4.10. The Balaban J connectivity index is 0.00000225. The number of hydrogen-bond donors (Lipinski definition) is 2. The van der Waals surface area contributed by atoms with Crippen LogP contribution in [-0.4, -0.2) is 19.0 Å². The maximum atomic E-state index is 11.9. The molecule has 2 N–H and O–H groups in total. The molecule has 0 atom stereocenters. The van der Waals surface area contributed by atoms with E-state index in [9.17, 15) is 4.79 Å². The Morgan fingerprint density at radius 3 is 2.52 bits per heavy atom. The lowest BCUT2D eigenvalue weighted by atomic mass is 10.2. The van der Waals surface area contributed by atoms with Gasteiger partial charge >= 0.3 is 0 Å². The van der Waals surface area contributed by atoms with Gasteiger partial charge in [-0.25, -0.2) is 0 Å². The van der Waals surface area contributed by atoms with Gasteiger partial charge in [-0.2, -0.15) is 0 Å². The second-order valence-electron chi connectivity index (χ2n) is 6.23. The van der Waals surface area contributed by atoms with Crippen molar-refractivity contribution in [3.63, 3.8) is 0 Å². The second-order valence-corrected chi connectivity index (χ2v) is 6.23. The van der Waals surface area contributed by atoms with Crippen molar-refractivity contribution in [2.75, 3.05) is 13.1 Å². The molecule has 3 rings (SSSR count). The zero-order valence-corrected chi connectivity index (χ0v) is 15.1. The predicted molar refractivity (Wildman–Crippen MR) is 102 cm³/mol. The van der Waals surface area contributed by atoms with Crippen molar-refractivity contribution in [1.82, 2.24) is 10.6 Å². The van der Waals surface area contributed by atoms with E-state index in [4.69, 9.17) is 4.74 Å². The number of carbonyl (C=O) groups excluding carboxylic acids is 1. The van der Waals surface area contributed by atoms with Crippen molar-refractivity contribution in [1.29, 1.82) is 0 Å². The fraction of sp³-hybridized carbons (Fsp3) is 0.350. The summed E-state index contributed by atoms with van der Waals surface area (Å²) in [5.74, 6) is 1.62. The van der Waals surface area contributed by atoms with E-state index in [1.165, 1.54) is 12.8 Å². The second kappa shape index (κ2) is 10.1. The first-order chi connectivity index (χ1) is 11.8. The summed E-state index contributed by atoms with van der Waals surface area (Å²) in [5, 5.41) is 6.15. The molecule has 1 saturated carbocycles. The summed E-state index contributed by atoms with van der Waals surface area (Å²) in [4.78, 5) is 11.9. The lowest BCUT2D eigenvalue weighted by molar-refractivity contribution is -0.120. The Kier molecular flexibility index (Phi) is 7.76. The molecule has 0 unspecified atom stereocenters. The Morgan fingerprint density at radius 2 is 1.76 bits per heavy atom. The normalized spacial score (nSPS) is 13.0. The molecule has 0 heterocycles. The summed E-state index contributed by atoms with van der Waals surface area (Å²) in [6.07, 6.45) is 2.58. The molecule has 2 aromatic carbocycles. The molecular weight excluding hydrogens is 336 g/mol. The molecular formula is C20H25ClN2O2. The van der Waals surface area contributed by atoms with Crippen LogP contribution < -0.4 is 15.4 Å². The van der Waals surface area contributed by atoms with Crippen LogP contribution in [0.4, 0.5) is 0 Å². The van der Waals surface area contributed by atoms with Gasteiger partial charge in [0.15, 0.2) is 0 Å². The van der Waals surface area contributed by atoms with E-state index >= 15 is 0 Å². The third-order valence-corrected chi connectivity index (χ3v) is 4.10. The number of nitrogens with one attached hydrogen (secondary N) is 2. The average Bonchev–Trinajstić information content (AvgIpc) is 3.44. The first kappa shape index (κ1) is 19.3. The van der Waals surface area contributed by atoms with Crippen LogP contribution >= 0.6 is 12.4 Å². The average molecular weight is 361 g/mol. The van der Waals surface area contributed by atoms with Gasteiger partial charge in [0.2, 0.25) is 5.91 Å². The molecule has 0 aliphatic heterocycles. The molecule has 0 spiro atoms. The van der Waals surface area contributed by atoms with Crippen LogP contribution in [0.25, 0.3) is 0 Å². The zero-order chi connectivity index (χ0) is 16.6. The predicted octanol–water partition coefficient (Wildman–Crippen LogP) is 3.30. The fourth-order valence-electron chi connectivity index (χ4n) is 2.49. The Hall–Kier alpha value is -2.04. The van der Waals surface area contributed by atoms with E-state index in [1.807, 2.05) is 54.6 Å². The Labute approximate surface area is 155 Å². The van der Waals surface area contributed by atoms with E-state index in [0.717, 1.165) is 29.3 Å². The standard InChI is InChI=1S/C20H24N2O2.ClH/c23-20(14-21-12-16-10-11-16)22-13-18-8-4-5-9-19(18)24-15-17-6-2-1-3-7-17;/h1-9,16,21H,10-15H2,(H,22,23);1H. The first-order valence-corrected chi connectivity index (χ1v) is 8.53. The summed E-state index contributed by atoms with van der Waals surface area (Å²) in [5.41, 5.74) is 2.12. The van der Waals surface area contributed by atoms with Crippen LogP contribution in [0.5, 0.6) is 5.75 Å². The molecule has 2 aromatic rings. The Morgan fingerprint density at radius 1 is 1.04 bits per heavy atom. The van der Waals surface area contributed by atoms with E-state index in [-0.39, 0.29) is 18.3 Å². The number of benzene rings is 2. The molecule has 1 aliphatic carbocycles.